The number of carbonyl (C=O) groups is 1. The van der Waals surface area contributed by atoms with E-state index in [9.17, 15) is 9.59 Å². The molecule has 8 nitrogen and oxygen atoms in total. The number of benzene rings is 1. The molecule has 3 heterocycles. The Hall–Kier alpha value is -2.32. The number of hydrogen-bond acceptors (Lipinski definition) is 6. The number of likely N-dealkylation sites (tertiary alicyclic amines) is 1. The molecule has 4 rings (SSSR count). The van der Waals surface area contributed by atoms with Crippen LogP contribution in [0.1, 0.15) is 26.7 Å². The third kappa shape index (κ3) is 3.93. The Balaban J connectivity index is 1.45. The Morgan fingerprint density at radius 2 is 1.96 bits per heavy atom. The summed E-state index contributed by atoms with van der Waals surface area (Å²) in [4.78, 5) is 29.9. The molecule has 2 aliphatic heterocycles. The van der Waals surface area contributed by atoms with E-state index in [-0.39, 0.29) is 36.3 Å². The highest BCUT2D eigenvalue weighted by Crippen LogP contribution is 2.21. The van der Waals surface area contributed by atoms with E-state index in [0.717, 1.165) is 39.0 Å². The molecule has 2 aliphatic rings. The van der Waals surface area contributed by atoms with Crippen LogP contribution in [0, 0.1) is 0 Å². The molecule has 0 aliphatic carbocycles. The molecule has 1 amide bonds. The lowest BCUT2D eigenvalue weighted by molar-refractivity contribution is -0.134. The molecule has 0 unspecified atom stereocenters. The lowest BCUT2D eigenvalue weighted by Gasteiger charge is -2.38. The van der Waals surface area contributed by atoms with E-state index in [1.807, 2.05) is 11.0 Å². The number of rotatable bonds is 4. The first kappa shape index (κ1) is 19.0. The highest BCUT2D eigenvalue weighted by Gasteiger charge is 2.32. The molecule has 1 aromatic carbocycles. The van der Waals surface area contributed by atoms with Gasteiger partial charge in [0.1, 0.15) is 12.1 Å². The van der Waals surface area contributed by atoms with Crippen molar-refractivity contribution in [3.05, 3.63) is 34.6 Å². The van der Waals surface area contributed by atoms with E-state index in [1.54, 1.807) is 18.2 Å². The van der Waals surface area contributed by atoms with E-state index >= 15 is 0 Å². The van der Waals surface area contributed by atoms with E-state index in [4.69, 9.17) is 4.74 Å². The Bertz CT molecular complexity index is 904. The summed E-state index contributed by atoms with van der Waals surface area (Å²) in [5.74, 6) is -0.0662. The summed E-state index contributed by atoms with van der Waals surface area (Å²) in [7, 11) is 0. The fourth-order valence-corrected chi connectivity index (χ4v) is 4.43. The van der Waals surface area contributed by atoms with Crippen LogP contribution in [0.15, 0.2) is 29.1 Å². The molecule has 0 radical (unpaired) electrons. The van der Waals surface area contributed by atoms with Gasteiger partial charge in [-0.3, -0.25) is 14.5 Å². The van der Waals surface area contributed by atoms with Crippen molar-refractivity contribution >= 4 is 16.8 Å². The molecule has 0 saturated carbocycles. The van der Waals surface area contributed by atoms with E-state index in [1.165, 1.54) is 4.68 Å². The van der Waals surface area contributed by atoms with Crippen LogP contribution in [0.2, 0.25) is 0 Å². The van der Waals surface area contributed by atoms with E-state index < -0.39 is 0 Å². The highest BCUT2D eigenvalue weighted by atomic mass is 16.5. The van der Waals surface area contributed by atoms with Crippen molar-refractivity contribution in [3.8, 4) is 0 Å². The number of hydrogen-bond donors (Lipinski definition) is 0. The Morgan fingerprint density at radius 3 is 2.75 bits per heavy atom. The van der Waals surface area contributed by atoms with Gasteiger partial charge in [0.15, 0.2) is 0 Å². The number of amides is 1. The first-order chi connectivity index (χ1) is 13.5. The Labute approximate surface area is 164 Å². The molecular formula is C20H27N5O3. The third-order valence-corrected chi connectivity index (χ3v) is 5.58. The van der Waals surface area contributed by atoms with Crippen LogP contribution in [0.25, 0.3) is 10.9 Å². The minimum absolute atomic E-state index is 0.0662. The van der Waals surface area contributed by atoms with Gasteiger partial charge in [-0.25, -0.2) is 4.68 Å². The van der Waals surface area contributed by atoms with Gasteiger partial charge in [-0.2, -0.15) is 0 Å². The van der Waals surface area contributed by atoms with Gasteiger partial charge in [-0.15, -0.1) is 5.10 Å². The van der Waals surface area contributed by atoms with Crippen molar-refractivity contribution in [1.29, 1.82) is 0 Å². The van der Waals surface area contributed by atoms with Gasteiger partial charge >= 0.3 is 0 Å². The Morgan fingerprint density at radius 1 is 1.21 bits per heavy atom. The van der Waals surface area contributed by atoms with Crippen LogP contribution in [0.3, 0.4) is 0 Å². The van der Waals surface area contributed by atoms with Crippen LogP contribution in [-0.4, -0.2) is 75.1 Å². The predicted octanol–water partition coefficient (Wildman–Crippen LogP) is 0.892. The summed E-state index contributed by atoms with van der Waals surface area (Å²) < 4.78 is 6.99. The minimum Gasteiger partial charge on any atom is -0.373 e. The first-order valence-electron chi connectivity index (χ1n) is 10.0. The topological polar surface area (TPSA) is 80.6 Å². The second kappa shape index (κ2) is 7.97. The summed E-state index contributed by atoms with van der Waals surface area (Å²) in [5, 5.41) is 8.51. The van der Waals surface area contributed by atoms with Gasteiger partial charge in [-0.05, 0) is 38.8 Å². The fraction of sp³-hybridized carbons (Fsp3) is 0.600. The van der Waals surface area contributed by atoms with Gasteiger partial charge in [0.25, 0.3) is 5.56 Å². The van der Waals surface area contributed by atoms with Gasteiger partial charge in [0, 0.05) is 32.2 Å². The predicted molar refractivity (Wildman–Crippen MR) is 105 cm³/mol. The largest absolute Gasteiger partial charge is 0.373 e. The Kier molecular flexibility index (Phi) is 5.41. The molecule has 0 N–H and O–H groups in total. The van der Waals surface area contributed by atoms with Crippen LogP contribution in [0.5, 0.6) is 0 Å². The molecule has 28 heavy (non-hydrogen) atoms. The number of ether oxygens (including phenoxy) is 1. The summed E-state index contributed by atoms with van der Waals surface area (Å²) >= 11 is 0. The summed E-state index contributed by atoms with van der Waals surface area (Å²) in [6.45, 7) is 7.47. The number of fused-ring (bicyclic) bond motifs is 1. The van der Waals surface area contributed by atoms with Crippen molar-refractivity contribution in [2.24, 2.45) is 0 Å². The average Bonchev–Trinajstić information content (AvgIpc) is 3.11. The maximum Gasteiger partial charge on any atom is 0.278 e. The maximum absolute atomic E-state index is 12.9. The van der Waals surface area contributed by atoms with Crippen LogP contribution >= 0.6 is 0 Å². The highest BCUT2D eigenvalue weighted by molar-refractivity contribution is 5.78. The summed E-state index contributed by atoms with van der Waals surface area (Å²) in [6, 6.07) is 7.24. The quantitative estimate of drug-likeness (QED) is 0.778. The zero-order valence-electron chi connectivity index (χ0n) is 16.5. The van der Waals surface area contributed by atoms with Crippen molar-refractivity contribution in [2.45, 2.75) is 51.5 Å². The summed E-state index contributed by atoms with van der Waals surface area (Å²) in [6.07, 6.45) is 2.40. The molecular weight excluding hydrogens is 358 g/mol. The van der Waals surface area contributed by atoms with Gasteiger partial charge in [0.05, 0.1) is 17.6 Å². The van der Waals surface area contributed by atoms with E-state index in [0.29, 0.717) is 10.9 Å². The zero-order valence-corrected chi connectivity index (χ0v) is 16.5. The lowest BCUT2D eigenvalue weighted by Crippen LogP contribution is -2.51. The normalized spacial score (nSPS) is 26.1. The second-order valence-corrected chi connectivity index (χ2v) is 7.93. The number of nitrogens with zero attached hydrogens (tertiary/aromatic N) is 5. The smallest absolute Gasteiger partial charge is 0.278 e. The van der Waals surface area contributed by atoms with Crippen molar-refractivity contribution < 1.29 is 9.53 Å². The van der Waals surface area contributed by atoms with Gasteiger partial charge in [0.2, 0.25) is 5.91 Å². The monoisotopic (exact) mass is 385 g/mol. The first-order valence-corrected chi connectivity index (χ1v) is 10.0. The average molecular weight is 385 g/mol. The van der Waals surface area contributed by atoms with Crippen LogP contribution in [-0.2, 0) is 16.1 Å². The number of carbonyl (C=O) groups excluding carboxylic acids is 1. The van der Waals surface area contributed by atoms with Gasteiger partial charge < -0.3 is 9.64 Å². The standard InChI is InChI=1S/C20H27N5O3/c1-14-10-23(11-15(2)28-14)12-16-6-5-9-24(16)19(26)13-25-20(27)17-7-3-4-8-18(17)21-22-25/h3-4,7-8,14-16H,5-6,9-13H2,1-2H3/t14-,15+,16-/m1/s1. The van der Waals surface area contributed by atoms with Crippen LogP contribution < -0.4 is 5.56 Å². The molecule has 3 atom stereocenters. The van der Waals surface area contributed by atoms with E-state index in [2.05, 4.69) is 29.1 Å². The second-order valence-electron chi connectivity index (χ2n) is 7.93. The molecule has 0 bridgehead atoms. The van der Waals surface area contributed by atoms with Crippen LogP contribution in [0.4, 0.5) is 0 Å². The molecule has 1 aromatic heterocycles. The molecule has 2 saturated heterocycles. The zero-order chi connectivity index (χ0) is 19.7. The van der Waals surface area contributed by atoms with Crippen molar-refractivity contribution in [3.63, 3.8) is 0 Å². The molecule has 0 spiro atoms. The SMILES string of the molecule is C[C@@H]1CN(C[C@H]2CCCN2C(=O)Cn2nnc3ccccc3c2=O)C[C@H](C)O1. The third-order valence-electron chi connectivity index (χ3n) is 5.58. The molecule has 2 aromatic rings. The van der Waals surface area contributed by atoms with Crippen molar-refractivity contribution in [2.75, 3.05) is 26.2 Å². The summed E-state index contributed by atoms with van der Waals surface area (Å²) in [5.41, 5.74) is 0.274. The lowest BCUT2D eigenvalue weighted by atomic mass is 10.1. The maximum atomic E-state index is 12.9. The molecule has 2 fully saturated rings. The molecule has 8 heteroatoms. The number of morpholine rings is 1. The number of aromatic nitrogens is 3. The fourth-order valence-electron chi connectivity index (χ4n) is 4.43. The van der Waals surface area contributed by atoms with Crippen molar-refractivity contribution in [1.82, 2.24) is 24.8 Å². The minimum atomic E-state index is -0.273. The molecule has 150 valence electrons. The van der Waals surface area contributed by atoms with Gasteiger partial charge in [-0.1, -0.05) is 17.3 Å².